The van der Waals surface area contributed by atoms with Crippen LogP contribution in [0.3, 0.4) is 0 Å². The van der Waals surface area contributed by atoms with Crippen molar-refractivity contribution in [1.29, 1.82) is 0 Å². The molecule has 1 amide bonds. The van der Waals surface area contributed by atoms with Crippen molar-refractivity contribution in [2.45, 2.75) is 25.7 Å². The lowest BCUT2D eigenvalue weighted by Crippen LogP contribution is -2.28. The Bertz CT molecular complexity index is 815. The molecule has 0 radical (unpaired) electrons. The molecule has 0 fully saturated rings. The molecule has 0 atom stereocenters. The summed E-state index contributed by atoms with van der Waals surface area (Å²) in [7, 11) is -3.75. The molecule has 2 aromatic rings. The third kappa shape index (κ3) is 4.58. The fourth-order valence-electron chi connectivity index (χ4n) is 2.13. The van der Waals surface area contributed by atoms with Gasteiger partial charge >= 0.3 is 0 Å². The largest absolute Gasteiger partial charge is 0.352 e. The first-order chi connectivity index (χ1) is 11.3. The molecule has 0 aliphatic carbocycles. The minimum atomic E-state index is -3.75. The Kier molecular flexibility index (Phi) is 5.62. The number of carbonyl (C=O) groups is 1. The van der Waals surface area contributed by atoms with Crippen LogP contribution in [0.1, 0.15) is 29.8 Å². The van der Waals surface area contributed by atoms with E-state index < -0.39 is 10.0 Å². The second-order valence-corrected chi connectivity index (χ2v) is 7.73. The molecule has 0 saturated heterocycles. The molecule has 0 heterocycles. The Morgan fingerprint density at radius 1 is 1.08 bits per heavy atom. The Hall–Kier alpha value is -2.34. The molecule has 0 saturated carbocycles. The predicted octanol–water partition coefficient (Wildman–Crippen LogP) is 3.18. The van der Waals surface area contributed by atoms with E-state index in [1.807, 2.05) is 13.8 Å². The van der Waals surface area contributed by atoms with E-state index >= 15 is 0 Å². The highest BCUT2D eigenvalue weighted by Gasteiger charge is 2.18. The highest BCUT2D eigenvalue weighted by molar-refractivity contribution is 7.92. The number of aryl methyl sites for hydroxylation is 1. The summed E-state index contributed by atoms with van der Waals surface area (Å²) in [5.74, 6) is 0.0545. The van der Waals surface area contributed by atoms with Crippen molar-refractivity contribution in [3.8, 4) is 0 Å². The lowest BCUT2D eigenvalue weighted by Gasteiger charge is -2.12. The number of carbonyl (C=O) groups excluding carboxylic acids is 1. The first-order valence-corrected chi connectivity index (χ1v) is 9.24. The molecule has 24 heavy (non-hydrogen) atoms. The number of anilines is 1. The topological polar surface area (TPSA) is 75.3 Å². The number of amides is 1. The van der Waals surface area contributed by atoms with Crippen LogP contribution >= 0.6 is 0 Å². The summed E-state index contributed by atoms with van der Waals surface area (Å²) in [5, 5.41) is 2.81. The van der Waals surface area contributed by atoms with Crippen LogP contribution in [0, 0.1) is 12.8 Å². The van der Waals surface area contributed by atoms with Gasteiger partial charge in [-0.25, -0.2) is 8.42 Å². The second kappa shape index (κ2) is 7.49. The van der Waals surface area contributed by atoms with Crippen LogP contribution in [-0.2, 0) is 10.0 Å². The number of hydrogen-bond acceptors (Lipinski definition) is 3. The number of rotatable bonds is 6. The maximum Gasteiger partial charge on any atom is 0.261 e. The lowest BCUT2D eigenvalue weighted by molar-refractivity contribution is 0.0948. The molecule has 6 heteroatoms. The van der Waals surface area contributed by atoms with Crippen molar-refractivity contribution in [2.75, 3.05) is 11.3 Å². The molecule has 2 aromatic carbocycles. The van der Waals surface area contributed by atoms with Gasteiger partial charge in [0, 0.05) is 17.8 Å². The summed E-state index contributed by atoms with van der Waals surface area (Å²) < 4.78 is 27.5. The molecule has 0 unspecified atom stereocenters. The smallest absolute Gasteiger partial charge is 0.261 e. The zero-order valence-corrected chi connectivity index (χ0v) is 14.9. The fraction of sp³-hybridized carbons (Fsp3) is 0.278. The Morgan fingerprint density at radius 3 is 2.38 bits per heavy atom. The molecule has 0 aliphatic heterocycles. The van der Waals surface area contributed by atoms with Gasteiger partial charge in [-0.1, -0.05) is 38.1 Å². The van der Waals surface area contributed by atoms with Crippen molar-refractivity contribution in [1.82, 2.24) is 5.32 Å². The molecule has 0 aliphatic rings. The number of para-hydroxylation sites is 1. The van der Waals surface area contributed by atoms with Gasteiger partial charge in [0.25, 0.3) is 15.9 Å². The highest BCUT2D eigenvalue weighted by Crippen LogP contribution is 2.19. The second-order valence-electron chi connectivity index (χ2n) is 6.05. The van der Waals surface area contributed by atoms with Crippen LogP contribution in [-0.4, -0.2) is 20.9 Å². The molecule has 0 spiro atoms. The van der Waals surface area contributed by atoms with Crippen LogP contribution in [0.5, 0.6) is 0 Å². The normalized spacial score (nSPS) is 11.3. The molecule has 0 bridgehead atoms. The zero-order valence-electron chi connectivity index (χ0n) is 14.0. The van der Waals surface area contributed by atoms with Crippen LogP contribution in [0.15, 0.2) is 53.4 Å². The summed E-state index contributed by atoms with van der Waals surface area (Å²) in [4.78, 5) is 12.3. The zero-order chi connectivity index (χ0) is 17.7. The van der Waals surface area contributed by atoms with Gasteiger partial charge in [0.05, 0.1) is 4.90 Å². The third-order valence-electron chi connectivity index (χ3n) is 3.46. The van der Waals surface area contributed by atoms with E-state index in [9.17, 15) is 13.2 Å². The van der Waals surface area contributed by atoms with E-state index in [1.54, 1.807) is 43.3 Å². The Balaban J connectivity index is 2.28. The lowest BCUT2D eigenvalue weighted by atomic mass is 10.1. The maximum atomic E-state index is 12.5. The number of sulfonamides is 1. The van der Waals surface area contributed by atoms with Gasteiger partial charge in [-0.05, 0) is 42.7 Å². The molecule has 2 rings (SSSR count). The Labute approximate surface area is 143 Å². The summed E-state index contributed by atoms with van der Waals surface area (Å²) in [6.07, 6.45) is 0. The first kappa shape index (κ1) is 18.0. The van der Waals surface area contributed by atoms with Gasteiger partial charge in [-0.2, -0.15) is 0 Å². The SMILES string of the molecule is Cc1ccc(S(=O)(=O)Nc2ccccc2)cc1C(=O)NCC(C)C. The quantitative estimate of drug-likeness (QED) is 0.843. The number of nitrogens with one attached hydrogen (secondary N) is 2. The van der Waals surface area contributed by atoms with Crippen LogP contribution in [0.2, 0.25) is 0 Å². The van der Waals surface area contributed by atoms with Crippen molar-refractivity contribution < 1.29 is 13.2 Å². The molecular formula is C18H22N2O3S. The van der Waals surface area contributed by atoms with Crippen molar-refractivity contribution >= 4 is 21.6 Å². The summed E-state index contributed by atoms with van der Waals surface area (Å²) >= 11 is 0. The van der Waals surface area contributed by atoms with Crippen LogP contribution < -0.4 is 10.0 Å². The minimum absolute atomic E-state index is 0.0617. The van der Waals surface area contributed by atoms with E-state index in [4.69, 9.17) is 0 Å². The summed E-state index contributed by atoms with van der Waals surface area (Å²) in [5.41, 5.74) is 1.57. The fourth-order valence-corrected chi connectivity index (χ4v) is 3.21. The first-order valence-electron chi connectivity index (χ1n) is 7.76. The van der Waals surface area contributed by atoms with Gasteiger partial charge in [0.1, 0.15) is 0 Å². The average Bonchev–Trinajstić information content (AvgIpc) is 2.53. The van der Waals surface area contributed by atoms with Crippen molar-refractivity contribution in [3.05, 3.63) is 59.7 Å². The van der Waals surface area contributed by atoms with Crippen LogP contribution in [0.4, 0.5) is 5.69 Å². The predicted molar refractivity (Wildman–Crippen MR) is 95.6 cm³/mol. The summed E-state index contributed by atoms with van der Waals surface area (Å²) in [6.45, 7) is 6.32. The Morgan fingerprint density at radius 2 is 1.75 bits per heavy atom. The number of hydrogen-bond donors (Lipinski definition) is 2. The molecule has 5 nitrogen and oxygen atoms in total. The van der Waals surface area contributed by atoms with E-state index in [-0.39, 0.29) is 10.8 Å². The highest BCUT2D eigenvalue weighted by atomic mass is 32.2. The van der Waals surface area contributed by atoms with Gasteiger partial charge in [0.15, 0.2) is 0 Å². The van der Waals surface area contributed by atoms with Crippen molar-refractivity contribution in [2.24, 2.45) is 5.92 Å². The average molecular weight is 346 g/mol. The van der Waals surface area contributed by atoms with E-state index in [2.05, 4.69) is 10.0 Å². The molecular weight excluding hydrogens is 324 g/mol. The third-order valence-corrected chi connectivity index (χ3v) is 4.84. The molecule has 2 N–H and O–H groups in total. The monoisotopic (exact) mass is 346 g/mol. The maximum absolute atomic E-state index is 12.5. The molecule has 128 valence electrons. The van der Waals surface area contributed by atoms with Gasteiger partial charge in [-0.15, -0.1) is 0 Å². The van der Waals surface area contributed by atoms with E-state index in [0.717, 1.165) is 5.56 Å². The number of benzene rings is 2. The van der Waals surface area contributed by atoms with E-state index in [0.29, 0.717) is 23.7 Å². The summed E-state index contributed by atoms with van der Waals surface area (Å²) in [6, 6.07) is 13.2. The van der Waals surface area contributed by atoms with Gasteiger partial charge < -0.3 is 5.32 Å². The van der Waals surface area contributed by atoms with Gasteiger partial charge in [0.2, 0.25) is 0 Å². The van der Waals surface area contributed by atoms with Gasteiger partial charge in [-0.3, -0.25) is 9.52 Å². The molecule has 0 aromatic heterocycles. The standard InChI is InChI=1S/C18H22N2O3S/c1-13(2)12-19-18(21)17-11-16(10-9-14(17)3)24(22,23)20-15-7-5-4-6-8-15/h4-11,13,20H,12H2,1-3H3,(H,19,21). The van der Waals surface area contributed by atoms with Crippen LogP contribution in [0.25, 0.3) is 0 Å². The minimum Gasteiger partial charge on any atom is -0.352 e. The van der Waals surface area contributed by atoms with Crippen molar-refractivity contribution in [3.63, 3.8) is 0 Å². The van der Waals surface area contributed by atoms with E-state index in [1.165, 1.54) is 12.1 Å².